The quantitative estimate of drug-likeness (QED) is 0.0204. The summed E-state index contributed by atoms with van der Waals surface area (Å²) in [7, 11) is 0. The van der Waals surface area contributed by atoms with Gasteiger partial charge in [0.1, 0.15) is 54.9 Å². The Hall–Kier alpha value is -2.05. The molecule has 366 valence electrons. The highest BCUT2D eigenvalue weighted by Gasteiger charge is 2.47. The van der Waals surface area contributed by atoms with E-state index in [1.807, 2.05) is 0 Å². The van der Waals surface area contributed by atoms with Crippen molar-refractivity contribution in [1.29, 1.82) is 0 Å². The number of ether oxygens (including phenoxy) is 6. The van der Waals surface area contributed by atoms with Crippen molar-refractivity contribution in [3.63, 3.8) is 0 Å². The Bertz CT molecular complexity index is 1230. The predicted octanol–water partition coefficient (Wildman–Crippen LogP) is 6.40. The highest BCUT2D eigenvalue weighted by atomic mass is 16.7. The molecule has 63 heavy (non-hydrogen) atoms. The van der Waals surface area contributed by atoms with E-state index in [4.69, 9.17) is 28.4 Å². The summed E-state index contributed by atoms with van der Waals surface area (Å²) in [6.45, 7) is 3.49. The van der Waals surface area contributed by atoms with Gasteiger partial charge in [0.15, 0.2) is 12.6 Å². The minimum absolute atomic E-state index is 0.0518. The van der Waals surface area contributed by atoms with Gasteiger partial charge in [-0.25, -0.2) is 0 Å². The topological polar surface area (TPSA) is 214 Å². The van der Waals surface area contributed by atoms with E-state index in [2.05, 4.69) is 62.5 Å². The molecule has 0 saturated carbocycles. The molecule has 2 heterocycles. The third-order valence-electron chi connectivity index (χ3n) is 11.3. The summed E-state index contributed by atoms with van der Waals surface area (Å²) in [5.74, 6) is -0.392. The van der Waals surface area contributed by atoms with Crippen LogP contribution in [-0.4, -0.2) is 142 Å². The second-order valence-electron chi connectivity index (χ2n) is 16.9. The third kappa shape index (κ3) is 25.4. The monoisotopic (exact) mass is 899 g/mol. The maximum Gasteiger partial charge on any atom is 0.306 e. The Kier molecular flexibility index (Phi) is 33.6. The van der Waals surface area contributed by atoms with Crippen LogP contribution in [0, 0.1) is 0 Å². The van der Waals surface area contributed by atoms with Crippen LogP contribution < -0.4 is 0 Å². The van der Waals surface area contributed by atoms with Crippen molar-refractivity contribution in [3.05, 3.63) is 48.6 Å². The normalized spacial score (nSPS) is 27.4. The van der Waals surface area contributed by atoms with Crippen LogP contribution in [0.5, 0.6) is 0 Å². The Morgan fingerprint density at radius 3 is 1.63 bits per heavy atom. The van der Waals surface area contributed by atoms with Crippen molar-refractivity contribution in [2.24, 2.45) is 0 Å². The fourth-order valence-corrected chi connectivity index (χ4v) is 7.34. The van der Waals surface area contributed by atoms with Gasteiger partial charge in [-0.2, -0.15) is 0 Å². The van der Waals surface area contributed by atoms with Gasteiger partial charge in [-0.15, -0.1) is 0 Å². The van der Waals surface area contributed by atoms with E-state index in [1.54, 1.807) is 0 Å². The highest BCUT2D eigenvalue weighted by molar-refractivity contribution is 5.69. The van der Waals surface area contributed by atoms with Gasteiger partial charge in [-0.05, 0) is 64.2 Å². The first kappa shape index (κ1) is 57.1. The molecule has 11 unspecified atom stereocenters. The van der Waals surface area contributed by atoms with Crippen LogP contribution in [0.3, 0.4) is 0 Å². The number of unbranched alkanes of at least 4 members (excludes halogenated alkanes) is 15. The lowest BCUT2D eigenvalue weighted by Gasteiger charge is -2.42. The van der Waals surface area contributed by atoms with Gasteiger partial charge >= 0.3 is 5.97 Å². The van der Waals surface area contributed by atoms with Crippen LogP contribution >= 0.6 is 0 Å². The van der Waals surface area contributed by atoms with Crippen LogP contribution in [0.25, 0.3) is 0 Å². The van der Waals surface area contributed by atoms with Crippen molar-refractivity contribution in [2.75, 3.05) is 33.0 Å². The van der Waals surface area contributed by atoms with Crippen LogP contribution in [0.1, 0.15) is 155 Å². The molecule has 0 radical (unpaired) electrons. The second-order valence-corrected chi connectivity index (χ2v) is 16.9. The molecule has 2 aliphatic rings. The highest BCUT2D eigenvalue weighted by Crippen LogP contribution is 2.26. The Morgan fingerprint density at radius 2 is 1.03 bits per heavy atom. The molecule has 0 aliphatic carbocycles. The molecule has 14 nitrogen and oxygen atoms in total. The standard InChI is InChI=1S/C49H86O14/c1-3-5-7-9-11-13-15-16-17-18-19-20-21-23-25-27-29-31-33-58-35-38(61-41(51)32-30-28-26-24-22-14-12-10-8-6-4-2)36-59-48-47(57)45(55)43(53)40(63-48)37-60-49-46(56)44(54)42(52)39(34-50)62-49/h5,7,10-13,16-17,38-40,42-50,52-57H,3-4,6,8-9,14-15,18-37H2,1-2H3/b7-5-,12-10-,13-11-,17-16-. The zero-order valence-electron chi connectivity index (χ0n) is 38.5. The number of allylic oxidation sites excluding steroid dienone is 8. The van der Waals surface area contributed by atoms with Crippen LogP contribution in [0.15, 0.2) is 48.6 Å². The van der Waals surface area contributed by atoms with Crippen LogP contribution in [0.4, 0.5) is 0 Å². The number of rotatable bonds is 37. The number of aliphatic hydroxyl groups is 7. The molecular formula is C49H86O14. The first-order valence-electron chi connectivity index (χ1n) is 24.2. The Labute approximate surface area is 378 Å². The number of carbonyl (C=O) groups is 1. The van der Waals surface area contributed by atoms with Crippen LogP contribution in [-0.2, 0) is 33.2 Å². The molecule has 0 aromatic carbocycles. The molecule has 2 rings (SSSR count). The predicted molar refractivity (Wildman–Crippen MR) is 243 cm³/mol. The van der Waals surface area contributed by atoms with Crippen molar-refractivity contribution in [1.82, 2.24) is 0 Å². The summed E-state index contributed by atoms with van der Waals surface area (Å²) in [5.41, 5.74) is 0. The number of hydrogen-bond donors (Lipinski definition) is 7. The summed E-state index contributed by atoms with van der Waals surface area (Å²) in [6.07, 6.45) is 24.7. The smallest absolute Gasteiger partial charge is 0.306 e. The summed E-state index contributed by atoms with van der Waals surface area (Å²) >= 11 is 0. The molecule has 0 bridgehead atoms. The van der Waals surface area contributed by atoms with Crippen molar-refractivity contribution >= 4 is 5.97 Å². The molecule has 0 aromatic heterocycles. The fraction of sp³-hybridized carbons (Fsp3) is 0.816. The molecule has 7 N–H and O–H groups in total. The van der Waals surface area contributed by atoms with Gasteiger partial charge in [0.25, 0.3) is 0 Å². The zero-order chi connectivity index (χ0) is 45.9. The van der Waals surface area contributed by atoms with E-state index >= 15 is 0 Å². The van der Waals surface area contributed by atoms with Gasteiger partial charge in [-0.1, -0.05) is 133 Å². The minimum atomic E-state index is -1.71. The lowest BCUT2D eigenvalue weighted by Crippen LogP contribution is -2.61. The van der Waals surface area contributed by atoms with Crippen molar-refractivity contribution in [3.8, 4) is 0 Å². The molecule has 11 atom stereocenters. The summed E-state index contributed by atoms with van der Waals surface area (Å²) in [4.78, 5) is 12.9. The molecule has 2 aliphatic heterocycles. The van der Waals surface area contributed by atoms with E-state index in [1.165, 1.54) is 44.9 Å². The maximum absolute atomic E-state index is 12.9. The second kappa shape index (κ2) is 37.1. The molecule has 0 aromatic rings. The summed E-state index contributed by atoms with van der Waals surface area (Å²) in [6, 6.07) is 0. The van der Waals surface area contributed by atoms with E-state index in [0.717, 1.165) is 83.5 Å². The van der Waals surface area contributed by atoms with Crippen LogP contribution in [0.2, 0.25) is 0 Å². The molecule has 0 amide bonds. The molecular weight excluding hydrogens is 813 g/mol. The minimum Gasteiger partial charge on any atom is -0.457 e. The van der Waals surface area contributed by atoms with Gasteiger partial charge in [0, 0.05) is 13.0 Å². The number of esters is 1. The largest absolute Gasteiger partial charge is 0.457 e. The lowest BCUT2D eigenvalue weighted by atomic mass is 9.98. The van der Waals surface area contributed by atoms with Gasteiger partial charge < -0.3 is 64.2 Å². The molecule has 2 fully saturated rings. The fourth-order valence-electron chi connectivity index (χ4n) is 7.34. The van der Waals surface area contributed by atoms with E-state index in [9.17, 15) is 40.5 Å². The van der Waals surface area contributed by atoms with Gasteiger partial charge in [0.2, 0.25) is 0 Å². The molecule has 0 spiro atoms. The van der Waals surface area contributed by atoms with E-state index < -0.39 is 86.7 Å². The van der Waals surface area contributed by atoms with Crippen molar-refractivity contribution in [2.45, 2.75) is 223 Å². The zero-order valence-corrected chi connectivity index (χ0v) is 38.5. The first-order valence-corrected chi connectivity index (χ1v) is 24.2. The molecule has 2 saturated heterocycles. The Balaban J connectivity index is 1.78. The Morgan fingerprint density at radius 1 is 0.540 bits per heavy atom. The van der Waals surface area contributed by atoms with Crippen molar-refractivity contribution < 1.29 is 69.0 Å². The lowest BCUT2D eigenvalue weighted by molar-refractivity contribution is -0.332. The average Bonchev–Trinajstić information content (AvgIpc) is 3.28. The van der Waals surface area contributed by atoms with Gasteiger partial charge in [-0.3, -0.25) is 4.79 Å². The molecule has 14 heteroatoms. The maximum atomic E-state index is 12.9. The summed E-state index contributed by atoms with van der Waals surface area (Å²) < 4.78 is 34.2. The summed E-state index contributed by atoms with van der Waals surface area (Å²) in [5, 5.41) is 72.0. The van der Waals surface area contributed by atoms with E-state index in [-0.39, 0.29) is 19.6 Å². The first-order chi connectivity index (χ1) is 30.6. The third-order valence-corrected chi connectivity index (χ3v) is 11.3. The average molecular weight is 899 g/mol. The number of carbonyl (C=O) groups excluding carboxylic acids is 1. The van der Waals surface area contributed by atoms with E-state index in [0.29, 0.717) is 13.0 Å². The number of hydrogen-bond acceptors (Lipinski definition) is 14. The van der Waals surface area contributed by atoms with Gasteiger partial charge in [0.05, 0.1) is 26.4 Å². The SMILES string of the molecule is CC/C=C\C/C=C\C/C=C\CCCCCCCCCCOCC(COC1OC(COC2OC(CO)C(O)C(O)C2O)C(O)C(O)C1O)OC(=O)CCCCCCC/C=C\CCCC. The number of aliphatic hydroxyl groups excluding tert-OH is 7.